The molecule has 0 rings (SSSR count). The van der Waals surface area contributed by atoms with Crippen LogP contribution in [0.1, 0.15) is 220 Å². The second kappa shape index (κ2) is 34.8. The fourth-order valence-corrected chi connectivity index (χ4v) is 7.09. The molecule has 0 saturated heterocycles. The van der Waals surface area contributed by atoms with E-state index in [1.807, 2.05) is 0 Å². The molecule has 0 N–H and O–H groups in total. The minimum Gasteiger partial charge on any atom is -0.342 e. The smallest absolute Gasteiger partial charge is 0.222 e. The zero-order chi connectivity index (χ0) is 33.2. The highest BCUT2D eigenvalue weighted by molar-refractivity contribution is 5.76. The van der Waals surface area contributed by atoms with Crippen LogP contribution >= 0.6 is 0 Å². The maximum absolute atomic E-state index is 14.0. The normalized spacial score (nSPS) is 13.0. The van der Waals surface area contributed by atoms with Gasteiger partial charge in [0, 0.05) is 19.5 Å². The highest BCUT2D eigenvalue weighted by Crippen LogP contribution is 2.25. The molecule has 0 spiro atoms. The monoisotopic (exact) mass is 635 g/mol. The fraction of sp³-hybridized carbons (Fsp3) is 0.976. The first-order valence-corrected chi connectivity index (χ1v) is 20.9. The molecule has 3 heteroatoms. The largest absolute Gasteiger partial charge is 0.342 e. The van der Waals surface area contributed by atoms with Gasteiger partial charge in [-0.1, -0.05) is 175 Å². The molecule has 0 aliphatic rings. The summed E-state index contributed by atoms with van der Waals surface area (Å²) < 4.78 is 0. The van der Waals surface area contributed by atoms with Gasteiger partial charge in [0.15, 0.2) is 0 Å². The van der Waals surface area contributed by atoms with Crippen molar-refractivity contribution in [1.29, 1.82) is 0 Å². The molecule has 0 aromatic rings. The molecule has 3 nitrogen and oxygen atoms in total. The predicted octanol–water partition coefficient (Wildman–Crippen LogP) is 13.4. The van der Waals surface area contributed by atoms with Gasteiger partial charge < -0.3 is 9.80 Å². The summed E-state index contributed by atoms with van der Waals surface area (Å²) in [6.07, 6.45) is 39.4. The summed E-state index contributed by atoms with van der Waals surface area (Å²) in [7, 11) is 4.33. The number of hydrogen-bond donors (Lipinski definition) is 0. The van der Waals surface area contributed by atoms with Crippen molar-refractivity contribution in [2.24, 2.45) is 11.8 Å². The van der Waals surface area contributed by atoms with Gasteiger partial charge in [-0.25, -0.2) is 0 Å². The fourth-order valence-electron chi connectivity index (χ4n) is 7.09. The average molecular weight is 635 g/mol. The molecule has 0 saturated carbocycles. The van der Waals surface area contributed by atoms with E-state index in [9.17, 15) is 4.79 Å². The lowest BCUT2D eigenvalue weighted by Crippen LogP contribution is -2.39. The summed E-state index contributed by atoms with van der Waals surface area (Å²) in [4.78, 5) is 18.7. The first-order chi connectivity index (χ1) is 22.0. The first kappa shape index (κ1) is 44.4. The molecule has 0 fully saturated rings. The molecule has 0 radical (unpaired) electrons. The molecule has 1 amide bonds. The summed E-state index contributed by atoms with van der Waals surface area (Å²) in [6.45, 7) is 12.5. The Bertz CT molecular complexity index is 557. The van der Waals surface area contributed by atoms with E-state index < -0.39 is 0 Å². The van der Waals surface area contributed by atoms with Crippen molar-refractivity contribution in [3.05, 3.63) is 0 Å². The molecule has 270 valence electrons. The van der Waals surface area contributed by atoms with E-state index in [0.717, 1.165) is 25.9 Å². The molecule has 0 aromatic heterocycles. The predicted molar refractivity (Wildman–Crippen MR) is 203 cm³/mol. The van der Waals surface area contributed by atoms with Gasteiger partial charge in [-0.05, 0) is 71.0 Å². The van der Waals surface area contributed by atoms with Crippen LogP contribution in [-0.4, -0.2) is 49.4 Å². The molecule has 0 aromatic carbocycles. The number of carbonyl (C=O) groups is 1. The van der Waals surface area contributed by atoms with Gasteiger partial charge >= 0.3 is 0 Å². The van der Waals surface area contributed by atoms with E-state index in [0.29, 0.717) is 17.7 Å². The molecular formula is C42H86N2O. The van der Waals surface area contributed by atoms with Crippen LogP contribution in [0.15, 0.2) is 0 Å². The Morgan fingerprint density at radius 2 is 0.733 bits per heavy atom. The summed E-state index contributed by atoms with van der Waals surface area (Å²) in [6, 6.07) is 0. The van der Waals surface area contributed by atoms with Gasteiger partial charge in [0.2, 0.25) is 5.91 Å². The number of hydrogen-bond acceptors (Lipinski definition) is 2. The van der Waals surface area contributed by atoms with Gasteiger partial charge in [-0.2, -0.15) is 0 Å². The highest BCUT2D eigenvalue weighted by Gasteiger charge is 2.22. The van der Waals surface area contributed by atoms with Gasteiger partial charge in [-0.15, -0.1) is 0 Å². The zero-order valence-electron chi connectivity index (χ0n) is 32.3. The van der Waals surface area contributed by atoms with Gasteiger partial charge in [0.25, 0.3) is 0 Å². The standard InChI is InChI=1S/C42H86N2O/c1-7-11-15-19-22-28-34-40(32-26-17-13-9-3)38-44(42(45)36-30-24-21-25-31-37-43(5)6)39-41(33-27-18-14-10-4)35-29-23-20-16-12-8-2/h40-41H,7-39H2,1-6H3. The van der Waals surface area contributed by atoms with Crippen LogP contribution < -0.4 is 0 Å². The maximum Gasteiger partial charge on any atom is 0.222 e. The average Bonchev–Trinajstić information content (AvgIpc) is 3.02. The molecule has 0 aliphatic heterocycles. The quantitative estimate of drug-likeness (QED) is 0.0640. The van der Waals surface area contributed by atoms with Gasteiger partial charge in [-0.3, -0.25) is 4.79 Å². The Balaban J connectivity index is 5.41. The summed E-state index contributed by atoms with van der Waals surface area (Å²) in [5.41, 5.74) is 0. The van der Waals surface area contributed by atoms with Crippen molar-refractivity contribution in [3.63, 3.8) is 0 Å². The summed E-state index contributed by atoms with van der Waals surface area (Å²) in [5, 5.41) is 0. The van der Waals surface area contributed by atoms with Gasteiger partial charge in [0.05, 0.1) is 0 Å². The van der Waals surface area contributed by atoms with E-state index in [1.54, 1.807) is 0 Å². The van der Waals surface area contributed by atoms with Crippen molar-refractivity contribution >= 4 is 5.91 Å². The summed E-state index contributed by atoms with van der Waals surface area (Å²) in [5.74, 6) is 1.86. The van der Waals surface area contributed by atoms with E-state index in [2.05, 4.69) is 51.6 Å². The van der Waals surface area contributed by atoms with Crippen LogP contribution in [-0.2, 0) is 4.79 Å². The number of nitrogens with zero attached hydrogens (tertiary/aromatic N) is 2. The number of amides is 1. The zero-order valence-corrected chi connectivity index (χ0v) is 32.3. The van der Waals surface area contributed by atoms with Crippen molar-refractivity contribution in [2.45, 2.75) is 220 Å². The van der Waals surface area contributed by atoms with E-state index in [1.165, 1.54) is 186 Å². The number of rotatable bonds is 36. The Morgan fingerprint density at radius 1 is 0.422 bits per heavy atom. The lowest BCUT2D eigenvalue weighted by molar-refractivity contribution is -0.132. The van der Waals surface area contributed by atoms with E-state index in [-0.39, 0.29) is 0 Å². The van der Waals surface area contributed by atoms with Gasteiger partial charge in [0.1, 0.15) is 0 Å². The lowest BCUT2D eigenvalue weighted by Gasteiger charge is -2.32. The molecule has 2 atom stereocenters. The molecule has 0 bridgehead atoms. The topological polar surface area (TPSA) is 23.6 Å². The van der Waals surface area contributed by atoms with E-state index in [4.69, 9.17) is 0 Å². The maximum atomic E-state index is 14.0. The van der Waals surface area contributed by atoms with E-state index >= 15 is 0 Å². The summed E-state index contributed by atoms with van der Waals surface area (Å²) >= 11 is 0. The highest BCUT2D eigenvalue weighted by atomic mass is 16.2. The Labute approximate surface area is 285 Å². The molecule has 0 aliphatic carbocycles. The van der Waals surface area contributed by atoms with Crippen LogP contribution in [0.5, 0.6) is 0 Å². The van der Waals surface area contributed by atoms with Crippen LogP contribution in [0, 0.1) is 11.8 Å². The van der Waals surface area contributed by atoms with Crippen LogP contribution in [0.3, 0.4) is 0 Å². The molecular weight excluding hydrogens is 548 g/mol. The van der Waals surface area contributed by atoms with Crippen molar-refractivity contribution in [1.82, 2.24) is 9.80 Å². The Kier molecular flexibility index (Phi) is 34.3. The molecule has 2 unspecified atom stereocenters. The van der Waals surface area contributed by atoms with Crippen molar-refractivity contribution in [2.75, 3.05) is 33.7 Å². The third kappa shape index (κ3) is 30.5. The Morgan fingerprint density at radius 3 is 1.11 bits per heavy atom. The molecule has 0 heterocycles. The number of unbranched alkanes of at least 4 members (excludes halogenated alkanes) is 20. The van der Waals surface area contributed by atoms with Crippen LogP contribution in [0.2, 0.25) is 0 Å². The van der Waals surface area contributed by atoms with Crippen molar-refractivity contribution in [3.8, 4) is 0 Å². The van der Waals surface area contributed by atoms with Crippen LogP contribution in [0.4, 0.5) is 0 Å². The van der Waals surface area contributed by atoms with Crippen LogP contribution in [0.25, 0.3) is 0 Å². The second-order valence-corrected chi connectivity index (χ2v) is 15.2. The lowest BCUT2D eigenvalue weighted by atomic mass is 9.91. The second-order valence-electron chi connectivity index (χ2n) is 15.2. The minimum absolute atomic E-state index is 0.478. The molecule has 45 heavy (non-hydrogen) atoms. The third-order valence-electron chi connectivity index (χ3n) is 10.2. The Hall–Kier alpha value is -0.570. The first-order valence-electron chi connectivity index (χ1n) is 20.9. The SMILES string of the molecule is CCCCCCCCC(CCCCCC)CN(CC(CCCCCC)CCCCCCCC)C(=O)CCCCCCCN(C)C. The van der Waals surface area contributed by atoms with Crippen molar-refractivity contribution < 1.29 is 4.79 Å². The third-order valence-corrected chi connectivity index (χ3v) is 10.2. The number of carbonyl (C=O) groups excluding carboxylic acids is 1. The minimum atomic E-state index is 0.478.